The van der Waals surface area contributed by atoms with E-state index in [0.29, 0.717) is 0 Å². The van der Waals surface area contributed by atoms with Crippen molar-refractivity contribution in [2.24, 2.45) is 0 Å². The van der Waals surface area contributed by atoms with Crippen LogP contribution in [0.1, 0.15) is 0 Å². The first-order chi connectivity index (χ1) is 33.7. The first kappa shape index (κ1) is 39.9. The van der Waals surface area contributed by atoms with Crippen molar-refractivity contribution < 1.29 is 0 Å². The fourth-order valence-corrected chi connectivity index (χ4v) is 21.6. The van der Waals surface area contributed by atoms with Crippen molar-refractivity contribution in [3.05, 3.63) is 267 Å². The number of benzene rings is 9. The van der Waals surface area contributed by atoms with E-state index in [1.165, 1.54) is 52.9 Å². The van der Waals surface area contributed by atoms with Crippen molar-refractivity contribution in [1.29, 1.82) is 0 Å². The molecule has 0 unspecified atom stereocenters. The summed E-state index contributed by atoms with van der Waals surface area (Å²) in [5.74, 6) is 0.858. The lowest BCUT2D eigenvalue weighted by molar-refractivity contribution is 1.18. The zero-order valence-corrected chi connectivity index (χ0v) is 39.2. The highest BCUT2D eigenvalue weighted by Crippen LogP contribution is 2.41. The third kappa shape index (κ3) is 5.98. The number of hydrogen-bond donors (Lipinski definition) is 0. The second-order valence-corrected chi connectivity index (χ2v) is 25.1. The molecule has 4 nitrogen and oxygen atoms in total. The molecule has 0 saturated heterocycles. The molecule has 2 aliphatic heterocycles. The molecule has 11 aromatic rings. The standard InChI is InChI=1S/C62H44N4Si2/c1-5-22-47(23-6-1)67(48-24-7-2-8-25-48)58-35-17-13-31-54(58)65(55-32-14-18-36-59(55)67)46-41-43-51-45(44-46)40-42-53(63-51)52-30-21-39-62(64-52)66-56-33-15-19-37-60(56)68(49-26-9-3-10-27-49,50-28-11-4-12-29-50)61-38-20-16-34-57(61)66/h1-44H. The number of aromatic nitrogens is 2. The maximum Gasteiger partial charge on any atom is 0.184 e. The summed E-state index contributed by atoms with van der Waals surface area (Å²) in [6.07, 6.45) is 0. The van der Waals surface area contributed by atoms with Crippen LogP contribution in [0.25, 0.3) is 22.3 Å². The van der Waals surface area contributed by atoms with E-state index >= 15 is 0 Å². The quantitative estimate of drug-likeness (QED) is 0.149. The lowest BCUT2D eigenvalue weighted by Gasteiger charge is -2.45. The third-order valence-corrected chi connectivity index (χ3v) is 23.9. The molecule has 0 amide bonds. The molecule has 0 spiro atoms. The van der Waals surface area contributed by atoms with Gasteiger partial charge in [-0.05, 0) is 102 Å². The van der Waals surface area contributed by atoms with Crippen LogP contribution in [0.15, 0.2) is 267 Å². The zero-order chi connectivity index (χ0) is 45.1. The zero-order valence-electron chi connectivity index (χ0n) is 37.2. The third-order valence-electron chi connectivity index (χ3n) is 14.2. The van der Waals surface area contributed by atoms with E-state index in [1.807, 2.05) is 0 Å². The van der Waals surface area contributed by atoms with E-state index in [2.05, 4.69) is 277 Å². The van der Waals surface area contributed by atoms with Gasteiger partial charge >= 0.3 is 0 Å². The van der Waals surface area contributed by atoms with E-state index in [-0.39, 0.29) is 0 Å². The molecule has 0 N–H and O–H groups in total. The highest BCUT2D eigenvalue weighted by atomic mass is 28.3. The molecule has 4 heterocycles. The molecule has 13 rings (SSSR count). The van der Waals surface area contributed by atoms with E-state index in [0.717, 1.165) is 45.2 Å². The molecule has 0 aliphatic carbocycles. The van der Waals surface area contributed by atoms with Crippen molar-refractivity contribution in [2.75, 3.05) is 9.80 Å². The van der Waals surface area contributed by atoms with Crippen LogP contribution in [-0.2, 0) is 0 Å². The molecule has 0 radical (unpaired) electrons. The lowest BCUT2D eigenvalue weighted by Crippen LogP contribution is -2.77. The Hall–Kier alpha value is -8.43. The molecular weight excluding hydrogens is 857 g/mol. The Morgan fingerprint density at radius 1 is 0.279 bits per heavy atom. The van der Waals surface area contributed by atoms with Crippen LogP contribution < -0.4 is 51.3 Å². The van der Waals surface area contributed by atoms with Gasteiger partial charge in [0.05, 0.1) is 16.9 Å². The van der Waals surface area contributed by atoms with Gasteiger partial charge in [-0.1, -0.05) is 206 Å². The summed E-state index contributed by atoms with van der Waals surface area (Å²) in [6, 6.07) is 98.0. The van der Waals surface area contributed by atoms with Gasteiger partial charge in [-0.25, -0.2) is 9.97 Å². The van der Waals surface area contributed by atoms with Crippen LogP contribution in [0.4, 0.5) is 34.3 Å². The molecule has 9 aromatic carbocycles. The Kier molecular flexibility index (Phi) is 9.49. The number of rotatable bonds is 7. The molecule has 0 fully saturated rings. The fraction of sp³-hybridized carbons (Fsp3) is 0. The molecular formula is C62H44N4Si2. The van der Waals surface area contributed by atoms with Gasteiger partial charge in [0.15, 0.2) is 16.1 Å². The van der Waals surface area contributed by atoms with Gasteiger partial charge in [0.25, 0.3) is 0 Å². The predicted octanol–water partition coefficient (Wildman–Crippen LogP) is 9.62. The number of nitrogens with zero attached hydrogens (tertiary/aromatic N) is 4. The number of pyridine rings is 2. The van der Waals surface area contributed by atoms with E-state index in [9.17, 15) is 0 Å². The van der Waals surface area contributed by atoms with Gasteiger partial charge in [-0.2, -0.15) is 0 Å². The average molecular weight is 901 g/mol. The maximum absolute atomic E-state index is 5.44. The van der Waals surface area contributed by atoms with Crippen molar-refractivity contribution in [2.45, 2.75) is 0 Å². The summed E-state index contributed by atoms with van der Waals surface area (Å²) in [4.78, 5) is 15.6. The van der Waals surface area contributed by atoms with Crippen LogP contribution in [0, 0.1) is 0 Å². The number of para-hydroxylation sites is 4. The van der Waals surface area contributed by atoms with Gasteiger partial charge in [0.1, 0.15) is 5.82 Å². The summed E-state index contributed by atoms with van der Waals surface area (Å²) in [5, 5.41) is 12.0. The molecule has 2 aromatic heterocycles. The smallest absolute Gasteiger partial charge is 0.184 e. The van der Waals surface area contributed by atoms with Crippen molar-refractivity contribution in [1.82, 2.24) is 9.97 Å². The van der Waals surface area contributed by atoms with Gasteiger partial charge in [-0.15, -0.1) is 0 Å². The average Bonchev–Trinajstić information content (AvgIpc) is 3.42. The number of anilines is 6. The van der Waals surface area contributed by atoms with Gasteiger partial charge in [-0.3, -0.25) is 4.90 Å². The summed E-state index contributed by atoms with van der Waals surface area (Å²) >= 11 is 0. The van der Waals surface area contributed by atoms with Crippen LogP contribution in [-0.4, -0.2) is 26.1 Å². The minimum Gasteiger partial charge on any atom is -0.311 e. The minimum atomic E-state index is -2.74. The van der Waals surface area contributed by atoms with Gasteiger partial charge in [0.2, 0.25) is 0 Å². The molecule has 320 valence electrons. The Bertz CT molecular complexity index is 3480. The van der Waals surface area contributed by atoms with Crippen molar-refractivity contribution in [3.63, 3.8) is 0 Å². The maximum atomic E-state index is 5.44. The number of fused-ring (bicyclic) bond motifs is 5. The Morgan fingerprint density at radius 2 is 0.662 bits per heavy atom. The Balaban J connectivity index is 0.910. The van der Waals surface area contributed by atoms with E-state index in [4.69, 9.17) is 9.97 Å². The normalized spacial score (nSPS) is 14.1. The van der Waals surface area contributed by atoms with Gasteiger partial charge < -0.3 is 4.90 Å². The Labute approximate surface area is 398 Å². The second-order valence-electron chi connectivity index (χ2n) is 17.7. The second kappa shape index (κ2) is 16.2. The van der Waals surface area contributed by atoms with Gasteiger partial charge in [0, 0.05) is 33.8 Å². The largest absolute Gasteiger partial charge is 0.311 e. The predicted molar refractivity (Wildman–Crippen MR) is 289 cm³/mol. The molecule has 0 saturated carbocycles. The molecule has 0 bridgehead atoms. The monoisotopic (exact) mass is 900 g/mol. The number of hydrogen-bond acceptors (Lipinski definition) is 4. The van der Waals surface area contributed by atoms with E-state index < -0.39 is 16.1 Å². The molecule has 0 atom stereocenters. The molecule has 68 heavy (non-hydrogen) atoms. The van der Waals surface area contributed by atoms with Crippen LogP contribution in [0.5, 0.6) is 0 Å². The highest BCUT2D eigenvalue weighted by molar-refractivity contribution is 7.22. The lowest BCUT2D eigenvalue weighted by atomic mass is 10.1. The Morgan fingerprint density at radius 3 is 1.10 bits per heavy atom. The first-order valence-electron chi connectivity index (χ1n) is 23.3. The summed E-state index contributed by atoms with van der Waals surface area (Å²) in [7, 11) is -5.44. The SMILES string of the molecule is c1ccc([Si]2(c3ccccc3)c3ccccc3N(c3ccc4nc(-c5cccc(N6c7ccccc7[Si](c7ccccc7)(c7ccccc7)c7ccccc76)n5)ccc4c3)c3ccccc32)cc1. The van der Waals surface area contributed by atoms with Crippen LogP contribution in [0.3, 0.4) is 0 Å². The highest BCUT2D eigenvalue weighted by Gasteiger charge is 2.50. The summed E-state index contributed by atoms with van der Waals surface area (Å²) in [6.45, 7) is 0. The fourth-order valence-electron chi connectivity index (χ4n) is 11.4. The van der Waals surface area contributed by atoms with Crippen LogP contribution in [0.2, 0.25) is 0 Å². The summed E-state index contributed by atoms with van der Waals surface area (Å²) < 4.78 is 0. The molecule has 2 aliphatic rings. The molecule has 6 heteroatoms. The first-order valence-corrected chi connectivity index (χ1v) is 27.3. The van der Waals surface area contributed by atoms with Crippen molar-refractivity contribution in [3.8, 4) is 11.4 Å². The minimum absolute atomic E-state index is 0.825. The van der Waals surface area contributed by atoms with Crippen molar-refractivity contribution >= 4 is 103 Å². The van der Waals surface area contributed by atoms with E-state index in [1.54, 1.807) is 0 Å². The topological polar surface area (TPSA) is 32.3 Å². The summed E-state index contributed by atoms with van der Waals surface area (Å²) in [5.41, 5.74) is 8.41. The van der Waals surface area contributed by atoms with Crippen LogP contribution >= 0.6 is 0 Å².